The molecule has 0 fully saturated rings. The second-order valence-electron chi connectivity index (χ2n) is 9.52. The molecule has 2 aromatic carbocycles. The van der Waals surface area contributed by atoms with Crippen LogP contribution in [0.25, 0.3) is 0 Å². The molecule has 0 aliphatic carbocycles. The second-order valence-corrected chi connectivity index (χ2v) is 9.52. The molecule has 2 amide bonds. The fourth-order valence-electron chi connectivity index (χ4n) is 4.29. The number of likely N-dealkylation sites (N-methyl/N-ethyl adjacent to an activating group) is 1. The zero-order chi connectivity index (χ0) is 23.8. The number of aryl methyl sites for hydroxylation is 2. The summed E-state index contributed by atoms with van der Waals surface area (Å²) >= 11 is 0. The third-order valence-corrected chi connectivity index (χ3v) is 6.14. The molecule has 2 rings (SSSR count). The third kappa shape index (κ3) is 7.49. The third-order valence-electron chi connectivity index (χ3n) is 6.14. The first kappa shape index (κ1) is 25.6. The Bertz CT molecular complexity index is 883. The predicted molar refractivity (Wildman–Crippen MR) is 132 cm³/mol. The van der Waals surface area contributed by atoms with Gasteiger partial charge in [0.25, 0.3) is 0 Å². The van der Waals surface area contributed by atoms with E-state index in [4.69, 9.17) is 5.73 Å². The molecule has 0 saturated carbocycles. The first-order valence-corrected chi connectivity index (χ1v) is 11.5. The molecule has 5 nitrogen and oxygen atoms in total. The number of benzene rings is 2. The number of nitrogens with two attached hydrogens (primary N) is 1. The topological polar surface area (TPSA) is 75.4 Å². The number of primary amides is 1. The summed E-state index contributed by atoms with van der Waals surface area (Å²) in [5, 5.41) is 3.17. The normalized spacial score (nSPS) is 13.2. The van der Waals surface area contributed by atoms with Crippen molar-refractivity contribution in [1.82, 2.24) is 10.2 Å². The summed E-state index contributed by atoms with van der Waals surface area (Å²) in [4.78, 5) is 26.6. The van der Waals surface area contributed by atoms with Crippen LogP contribution in [-0.2, 0) is 11.2 Å². The molecule has 0 spiro atoms. The van der Waals surface area contributed by atoms with Crippen LogP contribution in [0.15, 0.2) is 42.5 Å². The van der Waals surface area contributed by atoms with Crippen LogP contribution in [0.2, 0.25) is 0 Å². The summed E-state index contributed by atoms with van der Waals surface area (Å²) in [6.45, 7) is 8.99. The van der Waals surface area contributed by atoms with Gasteiger partial charge in [-0.3, -0.25) is 9.59 Å². The molecule has 0 aliphatic rings. The Hall–Kier alpha value is -2.66. The van der Waals surface area contributed by atoms with Crippen molar-refractivity contribution >= 4 is 11.8 Å². The Kier molecular flexibility index (Phi) is 9.45. The summed E-state index contributed by atoms with van der Waals surface area (Å²) in [6, 6.07) is 14.2. The fourth-order valence-corrected chi connectivity index (χ4v) is 4.29. The monoisotopic (exact) mass is 437 g/mol. The molecular formula is C27H39N3O2. The van der Waals surface area contributed by atoms with Gasteiger partial charge >= 0.3 is 0 Å². The van der Waals surface area contributed by atoms with Gasteiger partial charge in [-0.25, -0.2) is 0 Å². The molecule has 0 unspecified atom stereocenters. The predicted octanol–water partition coefficient (Wildman–Crippen LogP) is 4.21. The molecule has 0 radical (unpaired) electrons. The van der Waals surface area contributed by atoms with E-state index in [1.165, 1.54) is 11.1 Å². The van der Waals surface area contributed by atoms with Gasteiger partial charge in [-0.05, 0) is 87.0 Å². The first-order chi connectivity index (χ1) is 15.1. The van der Waals surface area contributed by atoms with Gasteiger partial charge < -0.3 is 16.0 Å². The van der Waals surface area contributed by atoms with Crippen molar-refractivity contribution in [2.24, 2.45) is 11.7 Å². The summed E-state index contributed by atoms with van der Waals surface area (Å²) in [5.74, 6) is 0.425. The maximum Gasteiger partial charge on any atom is 0.248 e. The SMILES string of the molecule is Cc1cc(C(N)=O)cc(C)c1C[C@@H](CNC(=O)C[C@H](CC(C)C)c1ccccc1)N(C)C. The maximum atomic E-state index is 12.9. The highest BCUT2D eigenvalue weighted by Gasteiger charge is 2.20. The van der Waals surface area contributed by atoms with Gasteiger partial charge in [0.2, 0.25) is 11.8 Å². The summed E-state index contributed by atoms with van der Waals surface area (Å²) in [6.07, 6.45) is 2.27. The highest BCUT2D eigenvalue weighted by molar-refractivity contribution is 5.93. The highest BCUT2D eigenvalue weighted by Crippen LogP contribution is 2.27. The fraction of sp³-hybridized carbons (Fsp3) is 0.481. The number of hydrogen-bond donors (Lipinski definition) is 2. The van der Waals surface area contributed by atoms with Crippen LogP contribution in [0.1, 0.15) is 65.2 Å². The minimum atomic E-state index is -0.409. The number of carbonyl (C=O) groups is 2. The van der Waals surface area contributed by atoms with Crippen molar-refractivity contribution in [2.75, 3.05) is 20.6 Å². The zero-order valence-electron chi connectivity index (χ0n) is 20.4. The molecule has 0 aliphatic heterocycles. The summed E-state index contributed by atoms with van der Waals surface area (Å²) in [7, 11) is 4.07. The average Bonchev–Trinajstić information content (AvgIpc) is 2.72. The number of nitrogens with one attached hydrogen (secondary N) is 1. The second kappa shape index (κ2) is 11.8. The minimum absolute atomic E-state index is 0.0869. The molecule has 2 atom stereocenters. The Labute approximate surface area is 193 Å². The minimum Gasteiger partial charge on any atom is -0.366 e. The molecule has 5 heteroatoms. The number of rotatable bonds is 11. The van der Waals surface area contributed by atoms with Crippen LogP contribution in [0.3, 0.4) is 0 Å². The van der Waals surface area contributed by atoms with Gasteiger partial charge in [-0.2, -0.15) is 0 Å². The molecule has 2 aromatic rings. The zero-order valence-corrected chi connectivity index (χ0v) is 20.4. The molecule has 0 bridgehead atoms. The Morgan fingerprint density at radius 1 is 1.03 bits per heavy atom. The molecule has 32 heavy (non-hydrogen) atoms. The van der Waals surface area contributed by atoms with Crippen LogP contribution in [0, 0.1) is 19.8 Å². The van der Waals surface area contributed by atoms with Crippen LogP contribution in [-0.4, -0.2) is 43.4 Å². The largest absolute Gasteiger partial charge is 0.366 e. The Morgan fingerprint density at radius 2 is 1.62 bits per heavy atom. The lowest BCUT2D eigenvalue weighted by atomic mass is 9.87. The number of nitrogens with zero attached hydrogens (tertiary/aromatic N) is 1. The molecule has 0 aromatic heterocycles. The maximum absolute atomic E-state index is 12.9. The quantitative estimate of drug-likeness (QED) is 0.553. The van der Waals surface area contributed by atoms with E-state index in [-0.39, 0.29) is 17.9 Å². The molecule has 3 N–H and O–H groups in total. The van der Waals surface area contributed by atoms with Gasteiger partial charge in [-0.1, -0.05) is 44.2 Å². The highest BCUT2D eigenvalue weighted by atomic mass is 16.1. The molecule has 0 saturated heterocycles. The van der Waals surface area contributed by atoms with E-state index >= 15 is 0 Å². The lowest BCUT2D eigenvalue weighted by molar-refractivity contribution is -0.121. The van der Waals surface area contributed by atoms with Gasteiger partial charge in [0.15, 0.2) is 0 Å². The number of carbonyl (C=O) groups excluding carboxylic acids is 2. The van der Waals surface area contributed by atoms with E-state index in [0.717, 1.165) is 24.0 Å². The van der Waals surface area contributed by atoms with Crippen LogP contribution < -0.4 is 11.1 Å². The van der Waals surface area contributed by atoms with Crippen molar-refractivity contribution in [3.63, 3.8) is 0 Å². The van der Waals surface area contributed by atoms with Gasteiger partial charge in [0, 0.05) is 24.6 Å². The lowest BCUT2D eigenvalue weighted by Crippen LogP contribution is -2.42. The molecular weight excluding hydrogens is 398 g/mol. The average molecular weight is 438 g/mol. The van der Waals surface area contributed by atoms with E-state index in [0.29, 0.717) is 24.4 Å². The summed E-state index contributed by atoms with van der Waals surface area (Å²) in [5.41, 5.74) is 10.5. The van der Waals surface area contributed by atoms with Crippen LogP contribution in [0.4, 0.5) is 0 Å². The number of amides is 2. The van der Waals surface area contributed by atoms with E-state index in [1.54, 1.807) is 0 Å². The van der Waals surface area contributed by atoms with Gasteiger partial charge in [-0.15, -0.1) is 0 Å². The Balaban J connectivity index is 2.06. The first-order valence-electron chi connectivity index (χ1n) is 11.5. The molecule has 174 valence electrons. The van der Waals surface area contributed by atoms with Crippen LogP contribution in [0.5, 0.6) is 0 Å². The molecule has 0 heterocycles. The van der Waals surface area contributed by atoms with Crippen molar-refractivity contribution in [3.8, 4) is 0 Å². The standard InChI is InChI=1S/C27H39N3O2/c1-18(2)12-22(21-10-8-7-9-11-21)15-26(31)29-17-24(30(5)6)16-25-19(3)13-23(27(28)32)14-20(25)4/h7-11,13-14,18,22,24H,12,15-17H2,1-6H3,(H2,28,32)(H,29,31)/t22-,24-/m0/s1. The van der Waals surface area contributed by atoms with E-state index < -0.39 is 5.91 Å². The Morgan fingerprint density at radius 3 is 2.12 bits per heavy atom. The van der Waals surface area contributed by atoms with Crippen LogP contribution >= 0.6 is 0 Å². The van der Waals surface area contributed by atoms with Gasteiger partial charge in [0.1, 0.15) is 0 Å². The van der Waals surface area contributed by atoms with E-state index in [1.807, 2.05) is 58.3 Å². The smallest absolute Gasteiger partial charge is 0.248 e. The van der Waals surface area contributed by atoms with Crippen molar-refractivity contribution in [1.29, 1.82) is 0 Å². The van der Waals surface area contributed by atoms with E-state index in [2.05, 4.69) is 36.2 Å². The number of hydrogen-bond acceptors (Lipinski definition) is 3. The van der Waals surface area contributed by atoms with Crippen molar-refractivity contribution in [2.45, 2.75) is 58.9 Å². The lowest BCUT2D eigenvalue weighted by Gasteiger charge is -2.27. The van der Waals surface area contributed by atoms with Crippen molar-refractivity contribution < 1.29 is 9.59 Å². The van der Waals surface area contributed by atoms with Gasteiger partial charge in [0.05, 0.1) is 0 Å². The summed E-state index contributed by atoms with van der Waals surface area (Å²) < 4.78 is 0. The van der Waals surface area contributed by atoms with E-state index in [9.17, 15) is 9.59 Å². The van der Waals surface area contributed by atoms with Crippen molar-refractivity contribution in [3.05, 3.63) is 70.3 Å².